The van der Waals surface area contributed by atoms with Gasteiger partial charge in [-0.2, -0.15) is 0 Å². The average molecular weight is 299 g/mol. The second-order valence-electron chi connectivity index (χ2n) is 3.92. The SMILES string of the molecule is Clc1ccc(-c2nncn2C2CC2)cc1Br. The number of hydrogen-bond acceptors (Lipinski definition) is 2. The summed E-state index contributed by atoms with van der Waals surface area (Å²) >= 11 is 9.39. The molecule has 3 nitrogen and oxygen atoms in total. The number of halogens is 2. The molecule has 3 rings (SSSR count). The zero-order valence-electron chi connectivity index (χ0n) is 8.40. The zero-order chi connectivity index (χ0) is 11.1. The summed E-state index contributed by atoms with van der Waals surface area (Å²) in [5.41, 5.74) is 1.04. The minimum Gasteiger partial charge on any atom is -0.310 e. The second kappa shape index (κ2) is 3.86. The van der Waals surface area contributed by atoms with Crippen LogP contribution in [0.2, 0.25) is 5.02 Å². The van der Waals surface area contributed by atoms with E-state index in [1.54, 1.807) is 6.33 Å². The van der Waals surface area contributed by atoms with Crippen LogP contribution in [0.15, 0.2) is 29.0 Å². The van der Waals surface area contributed by atoms with Crippen molar-refractivity contribution in [3.63, 3.8) is 0 Å². The first kappa shape index (κ1) is 10.3. The van der Waals surface area contributed by atoms with Crippen molar-refractivity contribution in [3.05, 3.63) is 34.0 Å². The smallest absolute Gasteiger partial charge is 0.164 e. The first-order chi connectivity index (χ1) is 7.75. The van der Waals surface area contributed by atoms with Crippen LogP contribution in [0.1, 0.15) is 18.9 Å². The molecule has 1 aromatic heterocycles. The predicted octanol–water partition coefficient (Wildman–Crippen LogP) is 3.70. The van der Waals surface area contributed by atoms with Crippen LogP contribution in [-0.4, -0.2) is 14.8 Å². The maximum absolute atomic E-state index is 5.97. The molecule has 1 heterocycles. The van der Waals surface area contributed by atoms with Gasteiger partial charge in [0.05, 0.1) is 5.02 Å². The van der Waals surface area contributed by atoms with Crippen LogP contribution in [0, 0.1) is 0 Å². The van der Waals surface area contributed by atoms with Gasteiger partial charge in [0.1, 0.15) is 6.33 Å². The Morgan fingerprint density at radius 3 is 2.88 bits per heavy atom. The van der Waals surface area contributed by atoms with Crippen molar-refractivity contribution in [1.29, 1.82) is 0 Å². The first-order valence-electron chi connectivity index (χ1n) is 5.10. The molecule has 1 saturated carbocycles. The van der Waals surface area contributed by atoms with E-state index >= 15 is 0 Å². The third-order valence-electron chi connectivity index (χ3n) is 2.69. The normalized spacial score (nSPS) is 15.4. The molecule has 0 saturated heterocycles. The number of rotatable bonds is 2. The summed E-state index contributed by atoms with van der Waals surface area (Å²) in [5.74, 6) is 0.917. The first-order valence-corrected chi connectivity index (χ1v) is 6.28. The lowest BCUT2D eigenvalue weighted by molar-refractivity contribution is 0.746. The topological polar surface area (TPSA) is 30.7 Å². The van der Waals surface area contributed by atoms with Gasteiger partial charge >= 0.3 is 0 Å². The lowest BCUT2D eigenvalue weighted by Gasteiger charge is -2.05. The van der Waals surface area contributed by atoms with Crippen molar-refractivity contribution >= 4 is 27.5 Å². The largest absolute Gasteiger partial charge is 0.310 e. The van der Waals surface area contributed by atoms with E-state index in [1.807, 2.05) is 18.2 Å². The van der Waals surface area contributed by atoms with E-state index in [0.29, 0.717) is 11.1 Å². The van der Waals surface area contributed by atoms with Crippen molar-refractivity contribution in [1.82, 2.24) is 14.8 Å². The fourth-order valence-corrected chi connectivity index (χ4v) is 2.20. The van der Waals surface area contributed by atoms with Crippen LogP contribution in [0.4, 0.5) is 0 Å². The molecule has 5 heteroatoms. The third-order valence-corrected chi connectivity index (χ3v) is 3.91. The minimum atomic E-state index is 0.583. The van der Waals surface area contributed by atoms with Gasteiger partial charge in [-0.25, -0.2) is 0 Å². The highest BCUT2D eigenvalue weighted by atomic mass is 79.9. The summed E-state index contributed by atoms with van der Waals surface area (Å²) in [6.45, 7) is 0. The van der Waals surface area contributed by atoms with Crippen LogP contribution < -0.4 is 0 Å². The van der Waals surface area contributed by atoms with Crippen LogP contribution in [-0.2, 0) is 0 Å². The Morgan fingerprint density at radius 2 is 2.19 bits per heavy atom. The highest BCUT2D eigenvalue weighted by Gasteiger charge is 2.26. The summed E-state index contributed by atoms with van der Waals surface area (Å²) in [5, 5.41) is 8.85. The van der Waals surface area contributed by atoms with E-state index in [1.165, 1.54) is 12.8 Å². The van der Waals surface area contributed by atoms with Gasteiger partial charge in [-0.1, -0.05) is 11.6 Å². The monoisotopic (exact) mass is 297 g/mol. The highest BCUT2D eigenvalue weighted by Crippen LogP contribution is 2.38. The molecule has 82 valence electrons. The Morgan fingerprint density at radius 1 is 1.38 bits per heavy atom. The Labute approximate surface area is 107 Å². The number of aromatic nitrogens is 3. The molecule has 2 aromatic rings. The van der Waals surface area contributed by atoms with Gasteiger partial charge in [0.15, 0.2) is 5.82 Å². The Hall–Kier alpha value is -0.870. The second-order valence-corrected chi connectivity index (χ2v) is 5.18. The molecule has 1 fully saturated rings. The fourth-order valence-electron chi connectivity index (χ4n) is 1.70. The molecule has 0 bridgehead atoms. The van der Waals surface area contributed by atoms with E-state index in [-0.39, 0.29) is 0 Å². The van der Waals surface area contributed by atoms with Crippen molar-refractivity contribution in [2.75, 3.05) is 0 Å². The van der Waals surface area contributed by atoms with Crippen molar-refractivity contribution in [2.45, 2.75) is 18.9 Å². The maximum Gasteiger partial charge on any atom is 0.164 e. The summed E-state index contributed by atoms with van der Waals surface area (Å²) in [4.78, 5) is 0. The van der Waals surface area contributed by atoms with Gasteiger partial charge in [-0.15, -0.1) is 10.2 Å². The van der Waals surface area contributed by atoms with Crippen molar-refractivity contribution in [3.8, 4) is 11.4 Å². The predicted molar refractivity (Wildman–Crippen MR) is 66.4 cm³/mol. The zero-order valence-corrected chi connectivity index (χ0v) is 10.7. The standard InChI is InChI=1S/C11H9BrClN3/c12-9-5-7(1-4-10(9)13)11-15-14-6-16(11)8-2-3-8/h1,4-6,8H,2-3H2. The van der Waals surface area contributed by atoms with E-state index in [4.69, 9.17) is 11.6 Å². The molecule has 0 unspecified atom stereocenters. The molecule has 0 radical (unpaired) electrons. The molecular formula is C11H9BrClN3. The van der Waals surface area contributed by atoms with Gasteiger partial charge < -0.3 is 4.57 Å². The Kier molecular flexibility index (Phi) is 2.48. The summed E-state index contributed by atoms with van der Waals surface area (Å²) in [7, 11) is 0. The van der Waals surface area contributed by atoms with Crippen LogP contribution in [0.3, 0.4) is 0 Å². The van der Waals surface area contributed by atoms with E-state index in [0.717, 1.165) is 15.9 Å². The quantitative estimate of drug-likeness (QED) is 0.846. The molecule has 0 amide bonds. The number of hydrogen-bond donors (Lipinski definition) is 0. The summed E-state index contributed by atoms with van der Waals surface area (Å²) in [6.07, 6.45) is 4.25. The molecule has 16 heavy (non-hydrogen) atoms. The van der Waals surface area contributed by atoms with Gasteiger partial charge in [0.25, 0.3) is 0 Å². The summed E-state index contributed by atoms with van der Waals surface area (Å²) in [6, 6.07) is 6.40. The van der Waals surface area contributed by atoms with Gasteiger partial charge in [-0.05, 0) is 47.0 Å². The molecule has 0 N–H and O–H groups in total. The Balaban J connectivity index is 2.07. The van der Waals surface area contributed by atoms with Gasteiger partial charge in [0.2, 0.25) is 0 Å². The van der Waals surface area contributed by atoms with Crippen LogP contribution in [0.5, 0.6) is 0 Å². The molecular weight excluding hydrogens is 289 g/mol. The summed E-state index contributed by atoms with van der Waals surface area (Å²) < 4.78 is 3.02. The number of nitrogens with zero attached hydrogens (tertiary/aromatic N) is 3. The lowest BCUT2D eigenvalue weighted by Crippen LogP contribution is -1.95. The maximum atomic E-state index is 5.97. The molecule has 0 aliphatic heterocycles. The highest BCUT2D eigenvalue weighted by molar-refractivity contribution is 9.10. The van der Waals surface area contributed by atoms with Gasteiger partial charge in [0, 0.05) is 16.1 Å². The number of benzene rings is 1. The van der Waals surface area contributed by atoms with E-state index < -0.39 is 0 Å². The molecule has 0 atom stereocenters. The minimum absolute atomic E-state index is 0.583. The van der Waals surface area contributed by atoms with Crippen LogP contribution in [0.25, 0.3) is 11.4 Å². The third kappa shape index (κ3) is 1.76. The molecule has 1 aromatic carbocycles. The Bertz CT molecular complexity index is 534. The van der Waals surface area contributed by atoms with E-state index in [9.17, 15) is 0 Å². The van der Waals surface area contributed by atoms with Gasteiger partial charge in [-0.3, -0.25) is 0 Å². The average Bonchev–Trinajstić information content (AvgIpc) is 3.01. The lowest BCUT2D eigenvalue weighted by atomic mass is 10.2. The molecule has 1 aliphatic rings. The molecule has 0 spiro atoms. The fraction of sp³-hybridized carbons (Fsp3) is 0.273. The molecule has 1 aliphatic carbocycles. The van der Waals surface area contributed by atoms with Crippen molar-refractivity contribution < 1.29 is 0 Å². The van der Waals surface area contributed by atoms with E-state index in [2.05, 4.69) is 30.7 Å². The van der Waals surface area contributed by atoms with Crippen molar-refractivity contribution in [2.24, 2.45) is 0 Å². The van der Waals surface area contributed by atoms with Crippen LogP contribution >= 0.6 is 27.5 Å².